The Morgan fingerprint density at radius 2 is 1.94 bits per heavy atom. The van der Waals surface area contributed by atoms with Crippen LogP contribution in [-0.4, -0.2) is 82.6 Å². The van der Waals surface area contributed by atoms with Gasteiger partial charge in [0.25, 0.3) is 0 Å². The van der Waals surface area contributed by atoms with Gasteiger partial charge in [0.15, 0.2) is 0 Å². The Morgan fingerprint density at radius 1 is 1.06 bits per heavy atom. The van der Waals surface area contributed by atoms with Crippen LogP contribution in [0.3, 0.4) is 0 Å². The quantitative estimate of drug-likeness (QED) is 0.187. The molecule has 0 atom stereocenters. The van der Waals surface area contributed by atoms with Crippen molar-refractivity contribution in [1.82, 2.24) is 24.3 Å². The highest BCUT2D eigenvalue weighted by molar-refractivity contribution is 7.99. The number of likely N-dealkylation sites (N-methyl/N-ethyl adjacent to an activating group) is 1. The Labute approximate surface area is 307 Å². The number of aryl methyl sites for hydroxylation is 4. The minimum absolute atomic E-state index is 0.364. The Hall–Kier alpha value is -3.64. The molecule has 1 aliphatic carbocycles. The van der Waals surface area contributed by atoms with E-state index in [0.717, 1.165) is 95.3 Å². The number of carbonyl (C=O) groups excluding carboxylic acids is 1. The number of nitrogens with zero attached hydrogens (tertiary/aromatic N) is 6. The number of aromatic nitrogens is 3. The Kier molecular flexibility index (Phi) is 10.7. The number of hydrazone groups is 1. The molecular formula is C38H43ClN6O3S2. The third-order valence-electron chi connectivity index (χ3n) is 9.56. The maximum atomic E-state index is 13.3. The average molecular weight is 731 g/mol. The van der Waals surface area contributed by atoms with Crippen LogP contribution in [0.5, 0.6) is 5.75 Å². The zero-order valence-electron chi connectivity index (χ0n) is 29.1. The number of methoxy groups -OCH3 is 1. The summed E-state index contributed by atoms with van der Waals surface area (Å²) in [6.45, 7) is 2.91. The van der Waals surface area contributed by atoms with Crippen molar-refractivity contribution in [3.63, 3.8) is 0 Å². The maximum absolute atomic E-state index is 13.3. The molecule has 2 aromatic heterocycles. The Morgan fingerprint density at radius 3 is 2.80 bits per heavy atom. The molecule has 0 saturated carbocycles. The van der Waals surface area contributed by atoms with E-state index < -0.39 is 0 Å². The number of hydrogen-bond donors (Lipinski definition) is 0. The monoisotopic (exact) mass is 730 g/mol. The number of benzene rings is 2. The molecule has 12 heteroatoms. The fourth-order valence-corrected chi connectivity index (χ4v) is 8.90. The molecule has 2 aromatic carbocycles. The highest BCUT2D eigenvalue weighted by atomic mass is 35.5. The lowest BCUT2D eigenvalue weighted by Crippen LogP contribution is -2.40. The minimum Gasteiger partial charge on any atom is -0.493 e. The highest BCUT2D eigenvalue weighted by Gasteiger charge is 2.26. The number of halogens is 1. The smallest absolute Gasteiger partial charge is 0.354 e. The van der Waals surface area contributed by atoms with Gasteiger partial charge in [-0.05, 0) is 74.2 Å². The first-order chi connectivity index (χ1) is 24.3. The summed E-state index contributed by atoms with van der Waals surface area (Å²) in [5, 5.41) is 13.4. The summed E-state index contributed by atoms with van der Waals surface area (Å²) in [4.78, 5) is 16.8. The Bertz CT molecular complexity index is 2010. The van der Waals surface area contributed by atoms with E-state index in [1.165, 1.54) is 28.8 Å². The van der Waals surface area contributed by atoms with Crippen LogP contribution < -0.4 is 4.74 Å². The number of fused-ring (bicyclic) bond motifs is 7. The molecule has 2 aliphatic heterocycles. The fourth-order valence-electron chi connectivity index (χ4n) is 7.05. The summed E-state index contributed by atoms with van der Waals surface area (Å²) >= 11 is 10.6. The second kappa shape index (κ2) is 15.3. The third kappa shape index (κ3) is 7.24. The zero-order chi connectivity index (χ0) is 34.8. The van der Waals surface area contributed by atoms with Gasteiger partial charge in [-0.1, -0.05) is 29.8 Å². The van der Waals surface area contributed by atoms with Crippen molar-refractivity contribution in [2.45, 2.75) is 42.1 Å². The first kappa shape index (κ1) is 34.8. The molecule has 0 radical (unpaired) electrons. The van der Waals surface area contributed by atoms with Crippen LogP contribution in [0.1, 0.15) is 57.0 Å². The highest BCUT2D eigenvalue weighted by Crippen LogP contribution is 2.37. The van der Waals surface area contributed by atoms with Crippen molar-refractivity contribution < 1.29 is 14.3 Å². The van der Waals surface area contributed by atoms with Gasteiger partial charge in [-0.2, -0.15) is 10.2 Å². The van der Waals surface area contributed by atoms with Crippen molar-refractivity contribution in [2.75, 3.05) is 46.2 Å². The lowest BCUT2D eigenvalue weighted by Gasteiger charge is -2.33. The van der Waals surface area contributed by atoms with Crippen LogP contribution in [0, 0.1) is 0 Å². The van der Waals surface area contributed by atoms with E-state index in [1.54, 1.807) is 11.8 Å². The van der Waals surface area contributed by atoms with Gasteiger partial charge < -0.3 is 14.0 Å². The van der Waals surface area contributed by atoms with E-state index >= 15 is 0 Å². The number of piperazine rings is 1. The molecule has 0 N–H and O–H groups in total. The standard InChI is InChI=1S/C38H43ClN6O3S2/c1-42-14-15-45-27(22-42)20-33-34(39)12-11-32-31(37(38(46)47-4)43(2)36(32)33)10-7-16-48-35-21-29(18-25-8-5-6-9-30(25)35)50-24-28-19-26(41-44(28)3)23-49-17-13-40-45/h6,9,11-13,18-21H,5,7-8,10,14-17,22-24H2,1-4H3/b27-20+,40-13+. The van der Waals surface area contributed by atoms with Crippen LogP contribution in [0.4, 0.5) is 0 Å². The van der Waals surface area contributed by atoms with Crippen molar-refractivity contribution in [3.05, 3.63) is 86.5 Å². The summed E-state index contributed by atoms with van der Waals surface area (Å²) < 4.78 is 15.8. The van der Waals surface area contributed by atoms with Crippen LogP contribution >= 0.6 is 35.1 Å². The van der Waals surface area contributed by atoms with Crippen LogP contribution in [0.15, 0.2) is 52.1 Å². The predicted octanol–water partition coefficient (Wildman–Crippen LogP) is 7.44. The van der Waals surface area contributed by atoms with Crippen molar-refractivity contribution in [1.29, 1.82) is 0 Å². The number of rotatable bonds is 1. The second-order valence-electron chi connectivity index (χ2n) is 13.0. The number of allylic oxidation sites excluding steroid dienone is 1. The van der Waals surface area contributed by atoms with Crippen LogP contribution in [0.2, 0.25) is 5.02 Å². The van der Waals surface area contributed by atoms with E-state index in [9.17, 15) is 4.79 Å². The molecule has 4 heterocycles. The van der Waals surface area contributed by atoms with E-state index in [1.807, 2.05) is 53.5 Å². The molecule has 7 rings (SSSR count). The van der Waals surface area contributed by atoms with Crippen molar-refractivity contribution in [2.24, 2.45) is 19.2 Å². The molecule has 0 amide bonds. The van der Waals surface area contributed by atoms with Gasteiger partial charge in [-0.15, -0.1) is 23.5 Å². The molecule has 9 nitrogen and oxygen atoms in total. The number of esters is 1. The van der Waals surface area contributed by atoms with Gasteiger partial charge in [-0.25, -0.2) is 4.79 Å². The Balaban J connectivity index is 1.28. The van der Waals surface area contributed by atoms with Crippen molar-refractivity contribution >= 4 is 70.4 Å². The topological polar surface area (TPSA) is 77.1 Å². The third-order valence-corrected chi connectivity index (χ3v) is 11.8. The largest absolute Gasteiger partial charge is 0.493 e. The van der Waals surface area contributed by atoms with Crippen LogP contribution in [0.25, 0.3) is 23.1 Å². The first-order valence-corrected chi connectivity index (χ1v) is 19.6. The van der Waals surface area contributed by atoms with Gasteiger partial charge in [0, 0.05) is 82.8 Å². The lowest BCUT2D eigenvalue weighted by atomic mass is 9.96. The summed E-state index contributed by atoms with van der Waals surface area (Å²) in [6, 6.07) is 10.7. The van der Waals surface area contributed by atoms with Gasteiger partial charge in [0.2, 0.25) is 0 Å². The molecule has 1 fully saturated rings. The molecule has 1 saturated heterocycles. The molecule has 262 valence electrons. The second-order valence-corrected chi connectivity index (χ2v) is 15.5. The summed E-state index contributed by atoms with van der Waals surface area (Å²) in [5.74, 6) is 2.96. The van der Waals surface area contributed by atoms with E-state index in [2.05, 4.69) is 53.4 Å². The number of hydrogen-bond acceptors (Lipinski definition) is 9. The summed E-state index contributed by atoms with van der Waals surface area (Å²) in [6.07, 6.45) is 11.9. The van der Waals surface area contributed by atoms with Crippen molar-refractivity contribution in [3.8, 4) is 5.75 Å². The molecule has 0 unspecified atom stereocenters. The van der Waals surface area contributed by atoms with Gasteiger partial charge in [0.05, 0.1) is 37.2 Å². The first-order valence-electron chi connectivity index (χ1n) is 17.1. The van der Waals surface area contributed by atoms with Gasteiger partial charge >= 0.3 is 5.97 Å². The van der Waals surface area contributed by atoms with Gasteiger partial charge in [0.1, 0.15) is 11.4 Å². The summed E-state index contributed by atoms with van der Waals surface area (Å²) in [7, 11) is 7.50. The van der Waals surface area contributed by atoms with E-state index in [0.29, 0.717) is 23.7 Å². The van der Waals surface area contributed by atoms with Gasteiger partial charge in [-0.3, -0.25) is 14.6 Å². The molecule has 50 heavy (non-hydrogen) atoms. The van der Waals surface area contributed by atoms with Crippen LogP contribution in [-0.2, 0) is 43.2 Å². The molecule has 0 spiro atoms. The maximum Gasteiger partial charge on any atom is 0.354 e. The number of carbonyl (C=O) groups is 1. The van der Waals surface area contributed by atoms with E-state index in [4.69, 9.17) is 31.3 Å². The molecule has 3 aliphatic rings. The molecular weight excluding hydrogens is 688 g/mol. The lowest BCUT2D eigenvalue weighted by molar-refractivity contribution is 0.0589. The molecule has 8 bridgehead atoms. The zero-order valence-corrected chi connectivity index (χ0v) is 31.5. The molecule has 4 aromatic rings. The number of thioether (sulfide) groups is 2. The van der Waals surface area contributed by atoms with E-state index in [-0.39, 0.29) is 5.97 Å². The minimum atomic E-state index is -0.364. The normalized spacial score (nSPS) is 19.2. The number of ether oxygens (including phenoxy) is 2. The fraction of sp³-hybridized carbons (Fsp3) is 0.395. The average Bonchev–Trinajstić information content (AvgIpc) is 3.61. The summed E-state index contributed by atoms with van der Waals surface area (Å²) in [5.41, 5.74) is 9.06. The predicted molar refractivity (Wildman–Crippen MR) is 206 cm³/mol. The SMILES string of the molecule is COC(=O)c1c2c3ccc(Cl)c(c3n1C)/C=C1\CN(C)CCN1/N=C/CSCc1cc(n(C)n1)CSc1cc3c(c(c1)OCCC2)C=CCC3.